The molecule has 0 amide bonds. The van der Waals surface area contributed by atoms with Crippen LogP contribution in [0.4, 0.5) is 0 Å². The lowest BCUT2D eigenvalue weighted by molar-refractivity contribution is 0.0601. The van der Waals surface area contributed by atoms with Gasteiger partial charge in [0, 0.05) is 0 Å². The van der Waals surface area contributed by atoms with Crippen molar-refractivity contribution in [3.63, 3.8) is 0 Å². The molecule has 5 aromatic carbocycles. The summed E-state index contributed by atoms with van der Waals surface area (Å²) in [6.07, 6.45) is 0. The second-order valence-corrected chi connectivity index (χ2v) is 6.54. The monoisotopic (exact) mass is 336 g/mol. The maximum absolute atomic E-state index is 11.7. The van der Waals surface area contributed by atoms with Crippen molar-refractivity contribution in [2.45, 2.75) is 0 Å². The topological polar surface area (TPSA) is 26.3 Å². The molecular formula is C24H16O2. The van der Waals surface area contributed by atoms with Crippen LogP contribution in [-0.4, -0.2) is 13.1 Å². The number of carbonyl (C=O) groups is 1. The Kier molecular flexibility index (Phi) is 3.19. The highest BCUT2D eigenvalue weighted by atomic mass is 16.5. The first-order chi connectivity index (χ1) is 12.8. The molecule has 0 spiro atoms. The zero-order valence-corrected chi connectivity index (χ0v) is 14.3. The fourth-order valence-corrected chi connectivity index (χ4v) is 3.89. The van der Waals surface area contributed by atoms with E-state index in [0.717, 1.165) is 5.56 Å². The molecule has 0 aliphatic rings. The number of carbonyl (C=O) groups excluding carboxylic acids is 1. The van der Waals surface area contributed by atoms with Gasteiger partial charge in [-0.05, 0) is 55.6 Å². The molecular weight excluding hydrogens is 320 g/mol. The SMILES string of the molecule is COC(=O)c1ccc(-c2ccc3ccc4cccc5ccc2c3c45)cc1. The van der Waals surface area contributed by atoms with Gasteiger partial charge in [0.1, 0.15) is 0 Å². The van der Waals surface area contributed by atoms with Gasteiger partial charge in [0.15, 0.2) is 0 Å². The predicted molar refractivity (Wildman–Crippen MR) is 107 cm³/mol. The molecule has 0 saturated heterocycles. The summed E-state index contributed by atoms with van der Waals surface area (Å²) in [5.41, 5.74) is 2.83. The minimum atomic E-state index is -0.313. The van der Waals surface area contributed by atoms with Crippen molar-refractivity contribution in [2.75, 3.05) is 7.11 Å². The van der Waals surface area contributed by atoms with Gasteiger partial charge in [-0.25, -0.2) is 4.79 Å². The molecule has 0 fully saturated rings. The van der Waals surface area contributed by atoms with Crippen LogP contribution < -0.4 is 0 Å². The third kappa shape index (κ3) is 2.09. The van der Waals surface area contributed by atoms with Gasteiger partial charge in [-0.1, -0.05) is 66.7 Å². The van der Waals surface area contributed by atoms with Crippen LogP contribution in [0.25, 0.3) is 43.4 Å². The normalized spacial score (nSPS) is 11.4. The van der Waals surface area contributed by atoms with Crippen molar-refractivity contribution in [1.29, 1.82) is 0 Å². The van der Waals surface area contributed by atoms with Crippen molar-refractivity contribution in [2.24, 2.45) is 0 Å². The van der Waals surface area contributed by atoms with Gasteiger partial charge in [-0.15, -0.1) is 0 Å². The van der Waals surface area contributed by atoms with E-state index in [1.54, 1.807) is 0 Å². The van der Waals surface area contributed by atoms with E-state index in [9.17, 15) is 4.79 Å². The van der Waals surface area contributed by atoms with E-state index in [1.807, 2.05) is 24.3 Å². The smallest absolute Gasteiger partial charge is 0.337 e. The molecule has 0 aromatic heterocycles. The van der Waals surface area contributed by atoms with Crippen molar-refractivity contribution >= 4 is 38.3 Å². The van der Waals surface area contributed by atoms with Crippen molar-refractivity contribution in [1.82, 2.24) is 0 Å². The molecule has 0 bridgehead atoms. The second-order valence-electron chi connectivity index (χ2n) is 6.54. The first-order valence-electron chi connectivity index (χ1n) is 8.61. The van der Waals surface area contributed by atoms with E-state index in [2.05, 4.69) is 54.6 Å². The van der Waals surface area contributed by atoms with E-state index in [1.165, 1.54) is 45.0 Å². The van der Waals surface area contributed by atoms with Crippen LogP contribution in [0.5, 0.6) is 0 Å². The van der Waals surface area contributed by atoms with Gasteiger partial charge >= 0.3 is 5.97 Å². The van der Waals surface area contributed by atoms with Crippen LogP contribution in [0.2, 0.25) is 0 Å². The molecule has 0 heterocycles. The van der Waals surface area contributed by atoms with Crippen LogP contribution in [0.15, 0.2) is 78.9 Å². The average Bonchev–Trinajstić information content (AvgIpc) is 2.71. The van der Waals surface area contributed by atoms with E-state index in [4.69, 9.17) is 4.74 Å². The minimum Gasteiger partial charge on any atom is -0.465 e. The summed E-state index contributed by atoms with van der Waals surface area (Å²) in [4.78, 5) is 11.7. The van der Waals surface area contributed by atoms with Gasteiger partial charge in [0.05, 0.1) is 12.7 Å². The molecule has 0 aliphatic carbocycles. The Labute approximate surface area is 151 Å². The fourth-order valence-electron chi connectivity index (χ4n) is 3.89. The predicted octanol–water partition coefficient (Wildman–Crippen LogP) is 6.04. The van der Waals surface area contributed by atoms with Crippen molar-refractivity contribution in [3.8, 4) is 11.1 Å². The van der Waals surface area contributed by atoms with Gasteiger partial charge in [0.25, 0.3) is 0 Å². The Hall–Kier alpha value is -3.39. The average molecular weight is 336 g/mol. The molecule has 0 N–H and O–H groups in total. The Bertz CT molecular complexity index is 1250. The molecule has 26 heavy (non-hydrogen) atoms. The number of benzene rings is 5. The van der Waals surface area contributed by atoms with Gasteiger partial charge < -0.3 is 4.74 Å². The number of hydrogen-bond donors (Lipinski definition) is 0. The lowest BCUT2D eigenvalue weighted by atomic mass is 9.90. The number of rotatable bonds is 2. The van der Waals surface area contributed by atoms with E-state index >= 15 is 0 Å². The Morgan fingerprint density at radius 3 is 2.00 bits per heavy atom. The molecule has 0 saturated carbocycles. The molecule has 0 atom stereocenters. The number of hydrogen-bond acceptors (Lipinski definition) is 2. The number of ether oxygens (including phenoxy) is 1. The summed E-state index contributed by atoms with van der Waals surface area (Å²) in [5, 5.41) is 7.63. The highest BCUT2D eigenvalue weighted by Gasteiger charge is 2.12. The lowest BCUT2D eigenvalue weighted by Crippen LogP contribution is -2.00. The molecule has 2 nitrogen and oxygen atoms in total. The van der Waals surface area contributed by atoms with Crippen molar-refractivity contribution in [3.05, 3.63) is 84.4 Å². The molecule has 124 valence electrons. The standard InChI is InChI=1S/C24H16O2/c1-26-24(25)19-9-5-15(6-10-19)20-13-11-18-8-7-16-3-2-4-17-12-14-21(20)23(18)22(16)17/h2-14H,1H3. The summed E-state index contributed by atoms with van der Waals surface area (Å²) >= 11 is 0. The van der Waals surface area contributed by atoms with E-state index in [0.29, 0.717) is 5.56 Å². The first-order valence-corrected chi connectivity index (χ1v) is 8.61. The van der Waals surface area contributed by atoms with Gasteiger partial charge in [-0.3, -0.25) is 0 Å². The fraction of sp³-hybridized carbons (Fsp3) is 0.0417. The minimum absolute atomic E-state index is 0.313. The highest BCUT2D eigenvalue weighted by Crippen LogP contribution is 2.39. The van der Waals surface area contributed by atoms with E-state index < -0.39 is 0 Å². The largest absolute Gasteiger partial charge is 0.465 e. The Morgan fingerprint density at radius 1 is 0.692 bits per heavy atom. The maximum atomic E-state index is 11.7. The van der Waals surface area contributed by atoms with Gasteiger partial charge in [-0.2, -0.15) is 0 Å². The summed E-state index contributed by atoms with van der Waals surface area (Å²) in [7, 11) is 1.40. The zero-order chi connectivity index (χ0) is 17.7. The third-order valence-electron chi connectivity index (χ3n) is 5.15. The maximum Gasteiger partial charge on any atom is 0.337 e. The van der Waals surface area contributed by atoms with Gasteiger partial charge in [0.2, 0.25) is 0 Å². The molecule has 5 rings (SSSR count). The second kappa shape index (κ2) is 5.57. The van der Waals surface area contributed by atoms with Crippen LogP contribution in [0, 0.1) is 0 Å². The third-order valence-corrected chi connectivity index (χ3v) is 5.15. The quantitative estimate of drug-likeness (QED) is 0.290. The van der Waals surface area contributed by atoms with E-state index in [-0.39, 0.29) is 5.97 Å². The van der Waals surface area contributed by atoms with Crippen LogP contribution in [0.1, 0.15) is 10.4 Å². The zero-order valence-electron chi connectivity index (χ0n) is 14.3. The molecule has 0 radical (unpaired) electrons. The van der Waals surface area contributed by atoms with Crippen molar-refractivity contribution < 1.29 is 9.53 Å². The molecule has 0 unspecified atom stereocenters. The number of esters is 1. The Balaban J connectivity index is 1.79. The lowest BCUT2D eigenvalue weighted by Gasteiger charge is -2.14. The molecule has 0 aliphatic heterocycles. The first kappa shape index (κ1) is 14.9. The van der Waals surface area contributed by atoms with Crippen LogP contribution in [0.3, 0.4) is 0 Å². The summed E-state index contributed by atoms with van der Waals surface area (Å²) in [6, 6.07) is 27.2. The number of methoxy groups -OCH3 is 1. The molecule has 2 heteroatoms. The van der Waals surface area contributed by atoms with Crippen LogP contribution in [-0.2, 0) is 4.74 Å². The summed E-state index contributed by atoms with van der Waals surface area (Å²) in [6.45, 7) is 0. The Morgan fingerprint density at radius 2 is 1.31 bits per heavy atom. The van der Waals surface area contributed by atoms with Crippen LogP contribution >= 0.6 is 0 Å². The molecule has 5 aromatic rings. The summed E-state index contributed by atoms with van der Waals surface area (Å²) < 4.78 is 4.79. The summed E-state index contributed by atoms with van der Waals surface area (Å²) in [5.74, 6) is -0.313. The highest BCUT2D eigenvalue weighted by molar-refractivity contribution is 6.25.